The van der Waals surface area contributed by atoms with Crippen LogP contribution in [0.4, 0.5) is 0 Å². The molecule has 4 rings (SSSR count). The number of carbonyl (C=O) groups excluding carboxylic acids is 1. The van der Waals surface area contributed by atoms with Crippen molar-refractivity contribution in [1.82, 2.24) is 10.2 Å². The lowest BCUT2D eigenvalue weighted by atomic mass is 9.93. The highest BCUT2D eigenvalue weighted by atomic mass is 32.1. The molecule has 1 saturated carbocycles. The molecule has 5 heteroatoms. The first kappa shape index (κ1) is 16.6. The van der Waals surface area contributed by atoms with Gasteiger partial charge in [-0.05, 0) is 78.9 Å². The van der Waals surface area contributed by atoms with E-state index in [0.717, 1.165) is 45.7 Å². The zero-order valence-corrected chi connectivity index (χ0v) is 15.2. The van der Waals surface area contributed by atoms with Crippen molar-refractivity contribution >= 4 is 17.2 Å². The first-order valence-electron chi connectivity index (χ1n) is 9.36. The van der Waals surface area contributed by atoms with E-state index < -0.39 is 0 Å². The van der Waals surface area contributed by atoms with Crippen molar-refractivity contribution in [2.24, 2.45) is 11.3 Å². The molecule has 1 aliphatic carbocycles. The number of hydrogen-bond acceptors (Lipinski definition) is 4. The van der Waals surface area contributed by atoms with Crippen LogP contribution in [0.15, 0.2) is 16.8 Å². The van der Waals surface area contributed by atoms with Crippen molar-refractivity contribution < 1.29 is 9.53 Å². The smallest absolute Gasteiger partial charge is 0.223 e. The summed E-state index contributed by atoms with van der Waals surface area (Å²) in [6, 6.07) is 2.62. The average Bonchev–Trinajstić information content (AvgIpc) is 3.06. The summed E-state index contributed by atoms with van der Waals surface area (Å²) in [6.07, 6.45) is 6.44. The minimum Gasteiger partial charge on any atom is -0.381 e. The Bertz CT molecular complexity index is 548. The monoisotopic (exact) mass is 348 g/mol. The largest absolute Gasteiger partial charge is 0.381 e. The van der Waals surface area contributed by atoms with Crippen molar-refractivity contribution in [3.8, 4) is 0 Å². The van der Waals surface area contributed by atoms with E-state index in [2.05, 4.69) is 27.0 Å². The topological polar surface area (TPSA) is 41.6 Å². The van der Waals surface area contributed by atoms with Crippen molar-refractivity contribution in [3.05, 3.63) is 22.4 Å². The third-order valence-electron chi connectivity index (χ3n) is 6.17. The summed E-state index contributed by atoms with van der Waals surface area (Å²) in [4.78, 5) is 15.2. The van der Waals surface area contributed by atoms with Gasteiger partial charge in [-0.3, -0.25) is 4.79 Å². The molecule has 0 unspecified atom stereocenters. The van der Waals surface area contributed by atoms with Gasteiger partial charge < -0.3 is 15.0 Å². The molecule has 24 heavy (non-hydrogen) atoms. The average molecular weight is 349 g/mol. The van der Waals surface area contributed by atoms with Crippen LogP contribution in [0.5, 0.6) is 0 Å². The number of rotatable bonds is 6. The molecule has 1 spiro atoms. The van der Waals surface area contributed by atoms with Crippen LogP contribution < -0.4 is 5.32 Å². The molecule has 132 valence electrons. The van der Waals surface area contributed by atoms with Gasteiger partial charge in [-0.15, -0.1) is 0 Å². The van der Waals surface area contributed by atoms with E-state index in [9.17, 15) is 4.79 Å². The van der Waals surface area contributed by atoms with Gasteiger partial charge in [0.05, 0.1) is 0 Å². The molecular formula is C19H28N2O2S. The zero-order valence-electron chi connectivity index (χ0n) is 14.3. The number of nitrogens with zero attached hydrogens (tertiary/aromatic N) is 1. The first-order valence-corrected chi connectivity index (χ1v) is 10.3. The Morgan fingerprint density at radius 2 is 2.29 bits per heavy atom. The number of nitrogens with one attached hydrogen (secondary N) is 1. The molecule has 0 aromatic carbocycles. The van der Waals surface area contributed by atoms with E-state index in [1.54, 1.807) is 11.3 Å². The normalized spacial score (nSPS) is 28.2. The molecule has 3 heterocycles. The lowest BCUT2D eigenvalue weighted by Gasteiger charge is -2.30. The molecule has 0 radical (unpaired) electrons. The molecule has 2 atom stereocenters. The molecule has 1 aromatic heterocycles. The first-order chi connectivity index (χ1) is 11.8. The van der Waals surface area contributed by atoms with Crippen molar-refractivity contribution in [1.29, 1.82) is 0 Å². The number of piperidine rings is 1. The van der Waals surface area contributed by atoms with Crippen LogP contribution in [0.1, 0.15) is 44.1 Å². The highest BCUT2D eigenvalue weighted by Gasteiger charge is 2.57. The molecule has 1 N–H and O–H groups in total. The Morgan fingerprint density at radius 3 is 3.00 bits per heavy atom. The van der Waals surface area contributed by atoms with E-state index in [0.29, 0.717) is 29.7 Å². The molecular weight excluding hydrogens is 320 g/mol. The highest BCUT2D eigenvalue weighted by molar-refractivity contribution is 7.07. The standard InChI is InChI=1S/C19H28N2O2S/c22-18(2-1-15-3-9-23-13-15)21(12-16-4-10-24-14-16)17-11-19(17)5-7-20-8-6-19/h4,10,14-15,17,20H,1-3,5-9,11-13H2/t15-,17-/m0/s1. The third-order valence-corrected chi connectivity index (χ3v) is 6.90. The molecule has 3 aliphatic rings. The van der Waals surface area contributed by atoms with Crippen molar-refractivity contribution in [2.75, 3.05) is 26.3 Å². The van der Waals surface area contributed by atoms with Crippen LogP contribution in [-0.2, 0) is 16.1 Å². The molecule has 2 saturated heterocycles. The molecule has 4 nitrogen and oxygen atoms in total. The lowest BCUT2D eigenvalue weighted by molar-refractivity contribution is -0.133. The van der Waals surface area contributed by atoms with E-state index in [1.165, 1.54) is 24.8 Å². The molecule has 0 bridgehead atoms. The number of amides is 1. The van der Waals surface area contributed by atoms with E-state index in [1.807, 2.05) is 0 Å². The minimum atomic E-state index is 0.355. The molecule has 3 fully saturated rings. The Labute approximate surface area is 148 Å². The fourth-order valence-electron chi connectivity index (χ4n) is 4.46. The lowest BCUT2D eigenvalue weighted by Crippen LogP contribution is -2.39. The van der Waals surface area contributed by atoms with E-state index in [-0.39, 0.29) is 0 Å². The number of ether oxygens (including phenoxy) is 1. The summed E-state index contributed by atoms with van der Waals surface area (Å²) in [5.41, 5.74) is 1.70. The van der Waals surface area contributed by atoms with Crippen LogP contribution in [-0.4, -0.2) is 43.2 Å². The molecule has 1 amide bonds. The fourth-order valence-corrected chi connectivity index (χ4v) is 5.12. The maximum Gasteiger partial charge on any atom is 0.223 e. The molecule has 2 aliphatic heterocycles. The van der Waals surface area contributed by atoms with Crippen LogP contribution >= 0.6 is 11.3 Å². The van der Waals surface area contributed by atoms with Gasteiger partial charge in [0.1, 0.15) is 0 Å². The summed E-state index contributed by atoms with van der Waals surface area (Å²) >= 11 is 1.72. The maximum absolute atomic E-state index is 13.0. The van der Waals surface area contributed by atoms with Gasteiger partial charge in [-0.25, -0.2) is 0 Å². The summed E-state index contributed by atoms with van der Waals surface area (Å²) in [7, 11) is 0. The molecule has 1 aromatic rings. The van der Waals surface area contributed by atoms with Gasteiger partial charge in [0.2, 0.25) is 5.91 Å². The summed E-state index contributed by atoms with van der Waals surface area (Å²) in [5, 5.41) is 7.76. The second-order valence-corrected chi connectivity index (χ2v) is 8.53. The highest BCUT2D eigenvalue weighted by Crippen LogP contribution is 2.56. The summed E-state index contributed by atoms with van der Waals surface area (Å²) < 4.78 is 5.45. The minimum absolute atomic E-state index is 0.355. The second-order valence-electron chi connectivity index (χ2n) is 7.75. The number of hydrogen-bond donors (Lipinski definition) is 1. The second kappa shape index (κ2) is 7.14. The van der Waals surface area contributed by atoms with Gasteiger partial charge in [-0.1, -0.05) is 0 Å². The summed E-state index contributed by atoms with van der Waals surface area (Å²) in [6.45, 7) is 4.73. The Morgan fingerprint density at radius 1 is 1.42 bits per heavy atom. The zero-order chi connectivity index (χ0) is 16.4. The quantitative estimate of drug-likeness (QED) is 0.859. The number of carbonyl (C=O) groups is 1. The van der Waals surface area contributed by atoms with E-state index in [4.69, 9.17) is 4.74 Å². The van der Waals surface area contributed by atoms with Crippen LogP contribution in [0.25, 0.3) is 0 Å². The predicted molar refractivity (Wildman–Crippen MR) is 96.0 cm³/mol. The van der Waals surface area contributed by atoms with Gasteiger partial charge in [0.15, 0.2) is 0 Å². The fraction of sp³-hybridized carbons (Fsp3) is 0.737. The summed E-state index contributed by atoms with van der Waals surface area (Å²) in [5.74, 6) is 0.942. The van der Waals surface area contributed by atoms with Gasteiger partial charge >= 0.3 is 0 Å². The van der Waals surface area contributed by atoms with Gasteiger partial charge in [0, 0.05) is 32.2 Å². The SMILES string of the molecule is O=C(CC[C@H]1CCOC1)N(Cc1ccsc1)[C@H]1CC12CCNCC2. The van der Waals surface area contributed by atoms with Crippen molar-refractivity contribution in [2.45, 2.75) is 51.1 Å². The maximum atomic E-state index is 13.0. The van der Waals surface area contributed by atoms with Crippen LogP contribution in [0, 0.1) is 11.3 Å². The van der Waals surface area contributed by atoms with Crippen LogP contribution in [0.2, 0.25) is 0 Å². The van der Waals surface area contributed by atoms with Crippen molar-refractivity contribution in [3.63, 3.8) is 0 Å². The number of thiophene rings is 1. The third kappa shape index (κ3) is 3.53. The Hall–Kier alpha value is -0.910. The van der Waals surface area contributed by atoms with Gasteiger partial charge in [0.25, 0.3) is 0 Å². The Balaban J connectivity index is 1.40. The van der Waals surface area contributed by atoms with E-state index >= 15 is 0 Å². The Kier molecular flexibility index (Phi) is 4.93. The van der Waals surface area contributed by atoms with Crippen LogP contribution in [0.3, 0.4) is 0 Å². The van der Waals surface area contributed by atoms with Gasteiger partial charge in [-0.2, -0.15) is 11.3 Å². The predicted octanol–water partition coefficient (Wildman–Crippen LogP) is 3.04.